The summed E-state index contributed by atoms with van der Waals surface area (Å²) in [5.74, 6) is 0. The number of allylic oxidation sites excluding steroid dienone is 4. The number of nitrogens with zero attached hydrogens (tertiary/aromatic N) is 2. The first-order chi connectivity index (χ1) is 13.7. The molecule has 0 fully saturated rings. The van der Waals surface area contributed by atoms with Crippen LogP contribution in [0.5, 0.6) is 0 Å². The van der Waals surface area contributed by atoms with E-state index in [9.17, 15) is 9.59 Å². The topological polar surface area (TPSA) is 109 Å². The van der Waals surface area contributed by atoms with Crippen LogP contribution in [0.2, 0.25) is 0 Å². The minimum atomic E-state index is -0.674. The predicted octanol–water partition coefficient (Wildman–Crippen LogP) is 2.33. The largest absolute Gasteiger partial charge is 0.396 e. The molecule has 2 N–H and O–H groups in total. The van der Waals surface area contributed by atoms with E-state index in [1.54, 1.807) is 12.2 Å². The van der Waals surface area contributed by atoms with Gasteiger partial charge < -0.3 is 14.9 Å². The summed E-state index contributed by atoms with van der Waals surface area (Å²) in [7, 11) is 0. The highest BCUT2D eigenvalue weighted by atomic mass is 16.5. The minimum Gasteiger partial charge on any atom is -0.396 e. The first-order valence-corrected chi connectivity index (χ1v) is 9.32. The van der Waals surface area contributed by atoms with E-state index in [-0.39, 0.29) is 13.2 Å². The van der Waals surface area contributed by atoms with Crippen molar-refractivity contribution in [2.24, 2.45) is 9.98 Å². The number of hydrogen-bond acceptors (Lipinski definition) is 7. The first kappa shape index (κ1) is 23.6. The molecule has 0 aliphatic heterocycles. The maximum absolute atomic E-state index is 10.7. The van der Waals surface area contributed by atoms with Crippen LogP contribution < -0.4 is 0 Å². The summed E-state index contributed by atoms with van der Waals surface area (Å²) in [6, 6.07) is 0. The van der Waals surface area contributed by atoms with Gasteiger partial charge in [0.25, 0.3) is 0 Å². The number of hydrogen-bond donors (Lipinski definition) is 2. The molecule has 0 radical (unpaired) electrons. The van der Waals surface area contributed by atoms with E-state index in [2.05, 4.69) is 9.98 Å². The van der Waals surface area contributed by atoms with Crippen molar-refractivity contribution in [3.05, 3.63) is 48.6 Å². The zero-order chi connectivity index (χ0) is 20.6. The quantitative estimate of drug-likeness (QED) is 0.339. The van der Waals surface area contributed by atoms with Gasteiger partial charge in [-0.1, -0.05) is 48.6 Å². The molecule has 0 saturated heterocycles. The molecule has 0 aromatic carbocycles. The summed E-state index contributed by atoms with van der Waals surface area (Å²) in [5.41, 5.74) is -1.35. The summed E-state index contributed by atoms with van der Waals surface area (Å²) >= 11 is 0. The Balaban J connectivity index is 0.000000370. The van der Waals surface area contributed by atoms with E-state index in [1.165, 1.54) is 0 Å². The molecule has 152 valence electrons. The van der Waals surface area contributed by atoms with Gasteiger partial charge in [-0.05, 0) is 25.7 Å². The number of carbonyl (C=O) groups excluding carboxylic acids is 2. The van der Waals surface area contributed by atoms with Crippen molar-refractivity contribution in [2.75, 3.05) is 26.4 Å². The van der Waals surface area contributed by atoms with Crippen molar-refractivity contribution >= 4 is 12.2 Å². The molecule has 7 nitrogen and oxygen atoms in total. The van der Waals surface area contributed by atoms with Gasteiger partial charge in [-0.3, -0.25) is 0 Å². The molecule has 0 aromatic heterocycles. The zero-order valence-electron chi connectivity index (χ0n) is 16.0. The van der Waals surface area contributed by atoms with Crippen molar-refractivity contribution in [3.63, 3.8) is 0 Å². The van der Waals surface area contributed by atoms with Gasteiger partial charge in [-0.2, -0.15) is 9.98 Å². The number of aliphatic hydroxyl groups excluding tert-OH is 2. The maximum Gasteiger partial charge on any atom is 0.235 e. The van der Waals surface area contributed by atoms with Crippen LogP contribution in [0.15, 0.2) is 58.6 Å². The van der Waals surface area contributed by atoms with Crippen molar-refractivity contribution in [2.45, 2.75) is 43.2 Å². The minimum absolute atomic E-state index is 0.180. The Morgan fingerprint density at radius 2 is 1.29 bits per heavy atom. The van der Waals surface area contributed by atoms with Gasteiger partial charge >= 0.3 is 0 Å². The number of rotatable bonds is 10. The Hall–Kier alpha value is -2.40. The van der Waals surface area contributed by atoms with Crippen molar-refractivity contribution in [3.8, 4) is 0 Å². The third-order valence-electron chi connectivity index (χ3n) is 4.29. The van der Waals surface area contributed by atoms with E-state index in [4.69, 9.17) is 14.9 Å². The molecule has 2 aliphatic carbocycles. The Labute approximate surface area is 165 Å². The van der Waals surface area contributed by atoms with Crippen LogP contribution in [0.1, 0.15) is 32.1 Å². The lowest BCUT2D eigenvalue weighted by Gasteiger charge is -2.34. The molecule has 0 aromatic rings. The van der Waals surface area contributed by atoms with Gasteiger partial charge in [-0.15, -0.1) is 0 Å². The van der Waals surface area contributed by atoms with Crippen LogP contribution in [0.25, 0.3) is 0 Å². The highest BCUT2D eigenvalue weighted by molar-refractivity contribution is 5.42. The average Bonchev–Trinajstić information content (AvgIpc) is 2.70. The van der Waals surface area contributed by atoms with Gasteiger partial charge in [0, 0.05) is 32.8 Å². The zero-order valence-corrected chi connectivity index (χ0v) is 16.0. The van der Waals surface area contributed by atoms with Gasteiger partial charge in [0.15, 0.2) is 0 Å². The Kier molecular flexibility index (Phi) is 11.6. The number of aliphatic hydroxyl groups is 2. The van der Waals surface area contributed by atoms with E-state index in [0.717, 1.165) is 0 Å². The number of ether oxygens (including phenoxy) is 1. The predicted molar refractivity (Wildman–Crippen MR) is 106 cm³/mol. The Bertz CT molecular complexity index is 616. The van der Waals surface area contributed by atoms with Crippen LogP contribution in [0, 0.1) is 0 Å². The molecule has 28 heavy (non-hydrogen) atoms. The fourth-order valence-corrected chi connectivity index (χ4v) is 2.96. The van der Waals surface area contributed by atoms with E-state index < -0.39 is 11.1 Å². The van der Waals surface area contributed by atoms with Gasteiger partial charge in [0.2, 0.25) is 12.2 Å². The normalized spacial score (nSPS) is 24.6. The summed E-state index contributed by atoms with van der Waals surface area (Å²) in [5, 5.41) is 16.6. The summed E-state index contributed by atoms with van der Waals surface area (Å²) in [6.45, 7) is 1.55. The molecule has 0 bridgehead atoms. The lowest BCUT2D eigenvalue weighted by atomic mass is 9.76. The summed E-state index contributed by atoms with van der Waals surface area (Å²) < 4.78 is 4.99. The molecule has 2 atom stereocenters. The fraction of sp³-hybridized carbons (Fsp3) is 0.524. The highest BCUT2D eigenvalue weighted by Gasteiger charge is 2.38. The molecule has 0 spiro atoms. The molecule has 2 unspecified atom stereocenters. The van der Waals surface area contributed by atoms with E-state index in [1.807, 2.05) is 48.6 Å². The second-order valence-corrected chi connectivity index (χ2v) is 6.54. The molecule has 0 heterocycles. The van der Waals surface area contributed by atoms with Crippen LogP contribution in [-0.4, -0.2) is 59.9 Å². The van der Waals surface area contributed by atoms with Crippen LogP contribution in [0.4, 0.5) is 0 Å². The van der Waals surface area contributed by atoms with E-state index >= 15 is 0 Å². The average molecular weight is 388 g/mol. The van der Waals surface area contributed by atoms with E-state index in [0.29, 0.717) is 45.3 Å². The third-order valence-corrected chi connectivity index (χ3v) is 4.29. The molecule has 0 saturated carbocycles. The first-order valence-electron chi connectivity index (χ1n) is 9.32. The van der Waals surface area contributed by atoms with Crippen LogP contribution >= 0.6 is 0 Å². The van der Waals surface area contributed by atoms with Crippen molar-refractivity contribution < 1.29 is 24.5 Å². The molecule has 0 amide bonds. The molecule has 2 aliphatic rings. The maximum atomic E-state index is 10.7. The number of aliphatic imine (C=N–C) groups is 2. The molecule has 7 heteroatoms. The van der Waals surface area contributed by atoms with Gasteiger partial charge in [0.1, 0.15) is 0 Å². The SMILES string of the molecule is O=C=NC1(CC2(N=C=O)C=CC=CC2)C=CC=CC1.OCCCOCCCO. The van der Waals surface area contributed by atoms with Crippen LogP contribution in [-0.2, 0) is 14.3 Å². The summed E-state index contributed by atoms with van der Waals surface area (Å²) in [6.07, 6.45) is 21.4. The second-order valence-electron chi connectivity index (χ2n) is 6.54. The fourth-order valence-electron chi connectivity index (χ4n) is 2.96. The monoisotopic (exact) mass is 388 g/mol. The van der Waals surface area contributed by atoms with Gasteiger partial charge in [-0.25, -0.2) is 9.59 Å². The third kappa shape index (κ3) is 8.53. The van der Waals surface area contributed by atoms with Crippen molar-refractivity contribution in [1.82, 2.24) is 0 Å². The Morgan fingerprint density at radius 1 is 0.821 bits per heavy atom. The van der Waals surface area contributed by atoms with Crippen LogP contribution in [0.3, 0.4) is 0 Å². The smallest absolute Gasteiger partial charge is 0.235 e. The summed E-state index contributed by atoms with van der Waals surface area (Å²) in [4.78, 5) is 29.3. The number of isocyanates is 2. The Morgan fingerprint density at radius 3 is 1.61 bits per heavy atom. The second kappa shape index (κ2) is 13.7. The highest BCUT2D eigenvalue weighted by Crippen LogP contribution is 2.37. The van der Waals surface area contributed by atoms with Crippen molar-refractivity contribution in [1.29, 1.82) is 0 Å². The lowest BCUT2D eigenvalue weighted by Crippen LogP contribution is -2.37. The lowest BCUT2D eigenvalue weighted by molar-refractivity contribution is 0.102. The standard InChI is InChI=1S/C15H14N2O2.C6H14O3/c18-12-16-14(7-3-1-4-8-14)11-15(17-13-19)9-5-2-6-10-15;7-3-1-5-9-6-2-4-8/h1-7,9H,8,10-11H2;7-8H,1-6H2. The van der Waals surface area contributed by atoms with Gasteiger partial charge in [0.05, 0.1) is 11.1 Å². The molecular formula is C21H28N2O5. The molecule has 2 rings (SSSR count). The molecular weight excluding hydrogens is 360 g/mol.